The summed E-state index contributed by atoms with van der Waals surface area (Å²) in [4.78, 5) is 2.73. The molecular weight excluding hydrogens is 232 g/mol. The molecule has 1 aliphatic heterocycles. The van der Waals surface area contributed by atoms with Crippen LogP contribution in [-0.4, -0.2) is 36.1 Å². The average molecular weight is 268 g/mol. The van der Waals surface area contributed by atoms with E-state index >= 15 is 0 Å². The molecule has 0 amide bonds. The van der Waals surface area contributed by atoms with Gasteiger partial charge in [0.2, 0.25) is 0 Å². The number of hydrogen-bond donors (Lipinski definition) is 1. The van der Waals surface area contributed by atoms with E-state index in [4.69, 9.17) is 0 Å². The van der Waals surface area contributed by atoms with Crippen molar-refractivity contribution in [1.82, 2.24) is 10.2 Å². The van der Waals surface area contributed by atoms with E-state index in [1.165, 1.54) is 38.8 Å². The molecule has 0 saturated carbocycles. The Kier molecular flexibility index (Phi) is 6.82. The maximum atomic E-state index is 3.65. The van der Waals surface area contributed by atoms with Crippen LogP contribution in [0.1, 0.15) is 67.2 Å². The van der Waals surface area contributed by atoms with Crippen LogP contribution in [0, 0.1) is 11.8 Å². The highest BCUT2D eigenvalue weighted by atomic mass is 15.2. The lowest BCUT2D eigenvalue weighted by Crippen LogP contribution is -2.45. The SMILES string of the molecule is CCC1CCCN(C(C)C(C)CNC(C)(C)C)CC1. The predicted molar refractivity (Wildman–Crippen MR) is 85.6 cm³/mol. The fourth-order valence-electron chi connectivity index (χ4n) is 3.00. The van der Waals surface area contributed by atoms with Gasteiger partial charge in [-0.25, -0.2) is 0 Å². The van der Waals surface area contributed by atoms with Crippen LogP contribution in [0.3, 0.4) is 0 Å². The first-order chi connectivity index (χ1) is 8.83. The third-order valence-electron chi connectivity index (χ3n) is 4.81. The zero-order valence-electron chi connectivity index (χ0n) is 14.1. The molecular formula is C17H36N2. The van der Waals surface area contributed by atoms with Gasteiger partial charge in [-0.3, -0.25) is 0 Å². The van der Waals surface area contributed by atoms with Gasteiger partial charge in [0, 0.05) is 11.6 Å². The third kappa shape index (κ3) is 6.27. The second-order valence-corrected chi connectivity index (χ2v) is 7.59. The molecule has 1 saturated heterocycles. The molecule has 0 aromatic rings. The average Bonchev–Trinajstić information content (AvgIpc) is 2.59. The Morgan fingerprint density at radius 3 is 2.42 bits per heavy atom. The van der Waals surface area contributed by atoms with Gasteiger partial charge >= 0.3 is 0 Å². The number of hydrogen-bond acceptors (Lipinski definition) is 2. The highest BCUT2D eigenvalue weighted by Gasteiger charge is 2.24. The van der Waals surface area contributed by atoms with E-state index in [-0.39, 0.29) is 5.54 Å². The Morgan fingerprint density at radius 2 is 1.84 bits per heavy atom. The van der Waals surface area contributed by atoms with Crippen molar-refractivity contribution in [1.29, 1.82) is 0 Å². The quantitative estimate of drug-likeness (QED) is 0.813. The lowest BCUT2D eigenvalue weighted by molar-refractivity contribution is 0.158. The van der Waals surface area contributed by atoms with Crippen molar-refractivity contribution < 1.29 is 0 Å². The van der Waals surface area contributed by atoms with Crippen LogP contribution in [0.25, 0.3) is 0 Å². The monoisotopic (exact) mass is 268 g/mol. The minimum Gasteiger partial charge on any atom is -0.312 e. The van der Waals surface area contributed by atoms with Crippen LogP contribution in [0.4, 0.5) is 0 Å². The lowest BCUT2D eigenvalue weighted by atomic mass is 9.98. The van der Waals surface area contributed by atoms with Gasteiger partial charge in [-0.15, -0.1) is 0 Å². The number of likely N-dealkylation sites (tertiary alicyclic amines) is 1. The summed E-state index contributed by atoms with van der Waals surface area (Å²) in [5.74, 6) is 1.69. The van der Waals surface area contributed by atoms with Gasteiger partial charge in [-0.2, -0.15) is 0 Å². The van der Waals surface area contributed by atoms with Crippen molar-refractivity contribution in [3.63, 3.8) is 0 Å². The van der Waals surface area contributed by atoms with Gasteiger partial charge in [0.05, 0.1) is 0 Å². The highest BCUT2D eigenvalue weighted by Crippen LogP contribution is 2.23. The Bertz CT molecular complexity index is 244. The van der Waals surface area contributed by atoms with Crippen molar-refractivity contribution in [2.24, 2.45) is 11.8 Å². The molecule has 1 aliphatic rings. The molecule has 114 valence electrons. The minimum atomic E-state index is 0.236. The zero-order chi connectivity index (χ0) is 14.5. The van der Waals surface area contributed by atoms with Crippen molar-refractivity contribution in [2.45, 2.75) is 78.8 Å². The molecule has 2 heteroatoms. The number of rotatable bonds is 5. The van der Waals surface area contributed by atoms with E-state index in [2.05, 4.69) is 51.8 Å². The van der Waals surface area contributed by atoms with Crippen LogP contribution < -0.4 is 5.32 Å². The number of nitrogens with zero attached hydrogens (tertiary/aromatic N) is 1. The van der Waals surface area contributed by atoms with Gasteiger partial charge < -0.3 is 10.2 Å². The van der Waals surface area contributed by atoms with Crippen molar-refractivity contribution in [3.8, 4) is 0 Å². The Labute approximate surface area is 121 Å². The van der Waals surface area contributed by atoms with E-state index in [0.29, 0.717) is 6.04 Å². The molecule has 3 unspecified atom stereocenters. The predicted octanol–water partition coefficient (Wildman–Crippen LogP) is 3.91. The second-order valence-electron chi connectivity index (χ2n) is 7.59. The summed E-state index contributed by atoms with van der Waals surface area (Å²) in [7, 11) is 0. The molecule has 1 N–H and O–H groups in total. The molecule has 1 heterocycles. The molecule has 0 aliphatic carbocycles. The van der Waals surface area contributed by atoms with Crippen molar-refractivity contribution in [2.75, 3.05) is 19.6 Å². The number of nitrogens with one attached hydrogen (secondary N) is 1. The molecule has 0 bridgehead atoms. The molecule has 2 nitrogen and oxygen atoms in total. The topological polar surface area (TPSA) is 15.3 Å². The smallest absolute Gasteiger partial charge is 0.0105 e. The zero-order valence-corrected chi connectivity index (χ0v) is 14.1. The largest absolute Gasteiger partial charge is 0.312 e. The normalized spacial score (nSPS) is 25.9. The Morgan fingerprint density at radius 1 is 1.16 bits per heavy atom. The summed E-state index contributed by atoms with van der Waals surface area (Å²) in [6, 6.07) is 0.699. The summed E-state index contributed by atoms with van der Waals surface area (Å²) in [5.41, 5.74) is 0.236. The Hall–Kier alpha value is -0.0800. The van der Waals surface area contributed by atoms with Gasteiger partial charge in [0.25, 0.3) is 0 Å². The maximum absolute atomic E-state index is 3.65. The first-order valence-electron chi connectivity index (χ1n) is 8.32. The molecule has 0 aromatic heterocycles. The van der Waals surface area contributed by atoms with Gasteiger partial charge in [-0.1, -0.05) is 20.3 Å². The molecule has 1 fully saturated rings. The van der Waals surface area contributed by atoms with Crippen LogP contribution in [0.2, 0.25) is 0 Å². The van der Waals surface area contributed by atoms with E-state index in [1.807, 2.05) is 0 Å². The standard InChI is InChI=1S/C17H36N2/c1-7-16-9-8-11-19(12-10-16)15(3)14(2)13-18-17(4,5)6/h14-16,18H,7-13H2,1-6H3. The summed E-state index contributed by atoms with van der Waals surface area (Å²) < 4.78 is 0. The van der Waals surface area contributed by atoms with Crippen molar-refractivity contribution >= 4 is 0 Å². The van der Waals surface area contributed by atoms with Gasteiger partial charge in [0.15, 0.2) is 0 Å². The fourth-order valence-corrected chi connectivity index (χ4v) is 3.00. The molecule has 19 heavy (non-hydrogen) atoms. The molecule has 1 rings (SSSR count). The maximum Gasteiger partial charge on any atom is 0.0105 e. The van der Waals surface area contributed by atoms with Crippen LogP contribution >= 0.6 is 0 Å². The van der Waals surface area contributed by atoms with Crippen LogP contribution in [-0.2, 0) is 0 Å². The first kappa shape index (κ1) is 17.0. The van der Waals surface area contributed by atoms with E-state index in [0.717, 1.165) is 18.4 Å². The fraction of sp³-hybridized carbons (Fsp3) is 1.00. The molecule has 0 spiro atoms. The summed E-state index contributed by atoms with van der Waals surface area (Å²) in [6.45, 7) is 17.6. The first-order valence-corrected chi connectivity index (χ1v) is 8.32. The van der Waals surface area contributed by atoms with Gasteiger partial charge in [-0.05, 0) is 78.4 Å². The van der Waals surface area contributed by atoms with Crippen LogP contribution in [0.5, 0.6) is 0 Å². The highest BCUT2D eigenvalue weighted by molar-refractivity contribution is 4.80. The summed E-state index contributed by atoms with van der Waals surface area (Å²) in [5, 5.41) is 3.65. The van der Waals surface area contributed by atoms with E-state index in [1.54, 1.807) is 0 Å². The van der Waals surface area contributed by atoms with Crippen molar-refractivity contribution in [3.05, 3.63) is 0 Å². The van der Waals surface area contributed by atoms with E-state index < -0.39 is 0 Å². The van der Waals surface area contributed by atoms with Gasteiger partial charge in [0.1, 0.15) is 0 Å². The molecule has 0 radical (unpaired) electrons. The third-order valence-corrected chi connectivity index (χ3v) is 4.81. The molecule has 3 atom stereocenters. The lowest BCUT2D eigenvalue weighted by Gasteiger charge is -2.34. The summed E-state index contributed by atoms with van der Waals surface area (Å²) >= 11 is 0. The second kappa shape index (κ2) is 7.64. The van der Waals surface area contributed by atoms with Crippen LogP contribution in [0.15, 0.2) is 0 Å². The summed E-state index contributed by atoms with van der Waals surface area (Å²) in [6.07, 6.45) is 5.60. The molecule has 0 aromatic carbocycles. The minimum absolute atomic E-state index is 0.236. The van der Waals surface area contributed by atoms with E-state index in [9.17, 15) is 0 Å². The Balaban J connectivity index is 2.40.